The molecular formula is C46H38BNOS. The predicted molar refractivity (Wildman–Crippen MR) is 216 cm³/mol. The molecule has 0 atom stereocenters. The minimum Gasteiger partial charge on any atom is -0.458 e. The van der Waals surface area contributed by atoms with E-state index < -0.39 is 0 Å². The van der Waals surface area contributed by atoms with E-state index in [1.165, 1.54) is 81.0 Å². The highest BCUT2D eigenvalue weighted by Crippen LogP contribution is 2.49. The molecule has 6 aromatic carbocycles. The van der Waals surface area contributed by atoms with Gasteiger partial charge in [0.2, 0.25) is 0 Å². The van der Waals surface area contributed by atoms with E-state index in [2.05, 4.69) is 167 Å². The van der Waals surface area contributed by atoms with Gasteiger partial charge in [-0.2, -0.15) is 0 Å². The van der Waals surface area contributed by atoms with E-state index in [-0.39, 0.29) is 17.5 Å². The molecule has 0 unspecified atom stereocenters. The van der Waals surface area contributed by atoms with Crippen molar-refractivity contribution in [3.05, 3.63) is 132 Å². The number of hydrogen-bond donors (Lipinski definition) is 0. The first-order valence-corrected chi connectivity index (χ1v) is 18.5. The molecule has 0 saturated carbocycles. The van der Waals surface area contributed by atoms with Gasteiger partial charge in [0.15, 0.2) is 0 Å². The molecule has 50 heavy (non-hydrogen) atoms. The van der Waals surface area contributed by atoms with E-state index in [4.69, 9.17) is 4.74 Å². The Morgan fingerprint density at radius 1 is 0.600 bits per heavy atom. The molecule has 0 aliphatic carbocycles. The normalized spacial score (nSPS) is 13.5. The Bertz CT molecular complexity index is 2690. The first kappa shape index (κ1) is 29.8. The van der Waals surface area contributed by atoms with E-state index in [0.29, 0.717) is 0 Å². The summed E-state index contributed by atoms with van der Waals surface area (Å²) in [6, 6.07) is 45.1. The summed E-state index contributed by atoms with van der Waals surface area (Å²) in [6.07, 6.45) is 0. The van der Waals surface area contributed by atoms with Gasteiger partial charge in [-0.1, -0.05) is 132 Å². The van der Waals surface area contributed by atoms with Crippen molar-refractivity contribution in [2.45, 2.75) is 52.4 Å². The predicted octanol–water partition coefficient (Wildman–Crippen LogP) is 10.9. The van der Waals surface area contributed by atoms with Gasteiger partial charge in [-0.25, -0.2) is 0 Å². The molecule has 4 heterocycles. The number of para-hydroxylation sites is 2. The zero-order chi connectivity index (χ0) is 34.1. The zero-order valence-electron chi connectivity index (χ0n) is 29.4. The highest BCUT2D eigenvalue weighted by molar-refractivity contribution is 7.23. The number of fused-ring (bicyclic) bond motifs is 7. The maximum Gasteiger partial charge on any atom is 0.252 e. The van der Waals surface area contributed by atoms with Crippen molar-refractivity contribution in [2.75, 3.05) is 0 Å². The van der Waals surface area contributed by atoms with Gasteiger partial charge in [-0.3, -0.25) is 0 Å². The molecule has 2 aromatic heterocycles. The van der Waals surface area contributed by atoms with Crippen molar-refractivity contribution >= 4 is 66.3 Å². The standard InChI is InChI=1S/C46H38BNOS/c1-45(2,3)28-21-33-41-42-35(22-29(46(4,5)6)24-40(42)50-44(41)27-15-9-7-10-16-27)47-34-25-32-31-19-13-14-20-36(31)48(30-17-11-8-12-18-30)37(32)26-38(34)49-39(23-28)43(33)47/h7-26H,1-6H3. The minimum absolute atomic E-state index is 0.00199. The van der Waals surface area contributed by atoms with Crippen LogP contribution in [0.5, 0.6) is 11.5 Å². The van der Waals surface area contributed by atoms with Gasteiger partial charge < -0.3 is 9.30 Å². The van der Waals surface area contributed by atoms with Gasteiger partial charge in [0.25, 0.3) is 6.71 Å². The second-order valence-corrected chi connectivity index (χ2v) is 17.2. The monoisotopic (exact) mass is 663 g/mol. The molecule has 0 fully saturated rings. The molecule has 0 N–H and O–H groups in total. The lowest BCUT2D eigenvalue weighted by molar-refractivity contribution is 0.484. The Labute approximate surface area is 298 Å². The third-order valence-electron chi connectivity index (χ3n) is 11.0. The summed E-state index contributed by atoms with van der Waals surface area (Å²) in [5.74, 6) is 1.93. The quantitative estimate of drug-likeness (QED) is 0.168. The van der Waals surface area contributed by atoms with Crippen LogP contribution in [0.1, 0.15) is 52.7 Å². The van der Waals surface area contributed by atoms with Crippen molar-refractivity contribution in [3.63, 3.8) is 0 Å². The Hall–Kier alpha value is -5.06. The molecule has 10 rings (SSSR count). The molecule has 0 radical (unpaired) electrons. The van der Waals surface area contributed by atoms with Crippen LogP contribution in [0.4, 0.5) is 0 Å². The third-order valence-corrected chi connectivity index (χ3v) is 12.1. The summed E-state index contributed by atoms with van der Waals surface area (Å²) in [7, 11) is 0. The molecule has 0 saturated heterocycles. The van der Waals surface area contributed by atoms with Crippen molar-refractivity contribution in [1.29, 1.82) is 0 Å². The van der Waals surface area contributed by atoms with Crippen LogP contribution < -0.4 is 21.1 Å². The lowest BCUT2D eigenvalue weighted by Gasteiger charge is -2.35. The van der Waals surface area contributed by atoms with Crippen LogP contribution in [0.3, 0.4) is 0 Å². The molecule has 8 aromatic rings. The Morgan fingerprint density at radius 3 is 2.02 bits per heavy atom. The van der Waals surface area contributed by atoms with Crippen LogP contribution in [0.15, 0.2) is 121 Å². The van der Waals surface area contributed by atoms with E-state index >= 15 is 0 Å². The van der Waals surface area contributed by atoms with Crippen molar-refractivity contribution in [1.82, 2.24) is 4.57 Å². The highest BCUT2D eigenvalue weighted by Gasteiger charge is 2.43. The number of hydrogen-bond acceptors (Lipinski definition) is 2. The molecule has 2 nitrogen and oxygen atoms in total. The number of rotatable bonds is 2. The second kappa shape index (κ2) is 10.2. The Balaban J connectivity index is 1.35. The number of benzene rings is 6. The molecule has 242 valence electrons. The number of nitrogens with zero attached hydrogens (tertiary/aromatic N) is 1. The Kier molecular flexibility index (Phi) is 6.11. The summed E-state index contributed by atoms with van der Waals surface area (Å²) in [5.41, 5.74) is 14.0. The van der Waals surface area contributed by atoms with Gasteiger partial charge in [0.05, 0.1) is 11.0 Å². The lowest BCUT2D eigenvalue weighted by atomic mass is 9.32. The number of aromatic nitrogens is 1. The SMILES string of the molecule is CC(C)(C)c1cc2c3c(c1)-c1c(-c4ccccc4)sc4cc(C(C)(C)C)cc(c14)B3c1cc3c4ccccc4n(-c4ccccc4)c3cc1O2. The van der Waals surface area contributed by atoms with Crippen molar-refractivity contribution in [3.8, 4) is 38.8 Å². The smallest absolute Gasteiger partial charge is 0.252 e. The largest absolute Gasteiger partial charge is 0.458 e. The van der Waals surface area contributed by atoms with Gasteiger partial charge in [0.1, 0.15) is 11.5 Å². The van der Waals surface area contributed by atoms with Gasteiger partial charge in [-0.05, 0) is 79.7 Å². The van der Waals surface area contributed by atoms with Crippen molar-refractivity contribution < 1.29 is 4.74 Å². The summed E-state index contributed by atoms with van der Waals surface area (Å²) in [6.45, 7) is 14.0. The van der Waals surface area contributed by atoms with Crippen LogP contribution in [0.2, 0.25) is 0 Å². The average molecular weight is 664 g/mol. The highest BCUT2D eigenvalue weighted by atomic mass is 32.1. The van der Waals surface area contributed by atoms with E-state index in [0.717, 1.165) is 17.2 Å². The van der Waals surface area contributed by atoms with Crippen LogP contribution >= 0.6 is 11.3 Å². The number of ether oxygens (including phenoxy) is 1. The molecule has 0 bridgehead atoms. The first-order valence-electron chi connectivity index (χ1n) is 17.7. The maximum absolute atomic E-state index is 7.18. The minimum atomic E-state index is -0.0488. The third kappa shape index (κ3) is 4.21. The molecule has 0 amide bonds. The fourth-order valence-electron chi connectivity index (χ4n) is 8.40. The van der Waals surface area contributed by atoms with Crippen LogP contribution in [-0.2, 0) is 10.8 Å². The second-order valence-electron chi connectivity index (χ2n) is 16.2. The summed E-state index contributed by atoms with van der Waals surface area (Å²) in [4.78, 5) is 1.34. The van der Waals surface area contributed by atoms with Crippen LogP contribution in [0.25, 0.3) is 59.1 Å². The zero-order valence-corrected chi connectivity index (χ0v) is 30.2. The van der Waals surface area contributed by atoms with E-state index in [9.17, 15) is 0 Å². The van der Waals surface area contributed by atoms with E-state index in [1.54, 1.807) is 0 Å². The molecule has 2 aliphatic heterocycles. The summed E-state index contributed by atoms with van der Waals surface area (Å²) >= 11 is 1.94. The Morgan fingerprint density at radius 2 is 1.28 bits per heavy atom. The van der Waals surface area contributed by atoms with Gasteiger partial charge in [-0.15, -0.1) is 11.3 Å². The summed E-state index contributed by atoms with van der Waals surface area (Å²) in [5, 5.41) is 3.92. The topological polar surface area (TPSA) is 14.2 Å². The fraction of sp³-hybridized carbons (Fsp3) is 0.174. The lowest BCUT2D eigenvalue weighted by Crippen LogP contribution is -2.57. The van der Waals surface area contributed by atoms with Crippen LogP contribution in [0, 0.1) is 0 Å². The van der Waals surface area contributed by atoms with Gasteiger partial charge >= 0.3 is 0 Å². The summed E-state index contributed by atoms with van der Waals surface area (Å²) < 4.78 is 10.9. The number of thiophene rings is 1. The van der Waals surface area contributed by atoms with Gasteiger partial charge in [0, 0.05) is 37.7 Å². The van der Waals surface area contributed by atoms with Crippen LogP contribution in [-0.4, -0.2) is 11.3 Å². The first-order chi connectivity index (χ1) is 24.1. The van der Waals surface area contributed by atoms with Crippen molar-refractivity contribution in [2.24, 2.45) is 0 Å². The molecule has 2 aliphatic rings. The fourth-order valence-corrected chi connectivity index (χ4v) is 9.69. The molecule has 0 spiro atoms. The van der Waals surface area contributed by atoms with E-state index in [1.807, 2.05) is 11.3 Å². The maximum atomic E-state index is 7.18. The average Bonchev–Trinajstić information content (AvgIpc) is 3.65. The molecular weight excluding hydrogens is 625 g/mol. The molecule has 4 heteroatoms.